The van der Waals surface area contributed by atoms with Crippen molar-refractivity contribution < 1.29 is 9.59 Å². The molecule has 1 aliphatic heterocycles. The Morgan fingerprint density at radius 2 is 1.86 bits per heavy atom. The third-order valence-electron chi connectivity index (χ3n) is 5.55. The molecule has 0 aromatic heterocycles. The maximum atomic E-state index is 13.3. The summed E-state index contributed by atoms with van der Waals surface area (Å²) in [6.07, 6.45) is 1.15. The molecule has 2 aromatic carbocycles. The van der Waals surface area contributed by atoms with Gasteiger partial charge in [-0.25, -0.2) is 0 Å². The molecule has 1 aliphatic rings. The van der Waals surface area contributed by atoms with Crippen LogP contribution in [-0.2, 0) is 22.6 Å². The fourth-order valence-corrected chi connectivity index (χ4v) is 4.01. The number of carbonyl (C=O) groups excluding carboxylic acids is 2. The Kier molecular flexibility index (Phi) is 6.18. The van der Waals surface area contributed by atoms with E-state index in [0.717, 1.165) is 28.8 Å². The lowest BCUT2D eigenvalue weighted by atomic mass is 10.0. The van der Waals surface area contributed by atoms with Crippen molar-refractivity contribution in [3.05, 3.63) is 65.2 Å². The van der Waals surface area contributed by atoms with Gasteiger partial charge in [0.1, 0.15) is 0 Å². The minimum absolute atomic E-state index is 0.0470. The molecule has 0 N–H and O–H groups in total. The first-order chi connectivity index (χ1) is 13.4. The Bertz CT molecular complexity index is 845. The molecule has 0 aliphatic carbocycles. The largest absolute Gasteiger partial charge is 0.336 e. The molecule has 4 heteroatoms. The fourth-order valence-electron chi connectivity index (χ4n) is 4.01. The minimum atomic E-state index is -0.289. The van der Waals surface area contributed by atoms with Gasteiger partial charge in [-0.3, -0.25) is 9.59 Å². The minimum Gasteiger partial charge on any atom is -0.336 e. The SMILES string of the molecule is CCc1cccc(C)c1N1CC(C(=O)N(Cc2ccccc2)C(C)C)CC1=O. The normalized spacial score (nSPS) is 16.7. The van der Waals surface area contributed by atoms with Gasteiger partial charge in [-0.05, 0) is 43.9 Å². The zero-order valence-corrected chi connectivity index (χ0v) is 17.3. The van der Waals surface area contributed by atoms with Crippen molar-refractivity contribution in [2.75, 3.05) is 11.4 Å². The second-order valence-electron chi connectivity index (χ2n) is 7.89. The third-order valence-corrected chi connectivity index (χ3v) is 5.55. The molecule has 1 heterocycles. The highest BCUT2D eigenvalue weighted by Gasteiger charge is 2.38. The van der Waals surface area contributed by atoms with Crippen molar-refractivity contribution >= 4 is 17.5 Å². The number of amides is 2. The van der Waals surface area contributed by atoms with Gasteiger partial charge in [-0.2, -0.15) is 0 Å². The average molecular weight is 379 g/mol. The van der Waals surface area contributed by atoms with Crippen LogP contribution in [0.2, 0.25) is 0 Å². The average Bonchev–Trinajstić information content (AvgIpc) is 3.07. The van der Waals surface area contributed by atoms with Crippen LogP contribution in [0.1, 0.15) is 43.9 Å². The van der Waals surface area contributed by atoms with E-state index in [1.165, 1.54) is 0 Å². The molecular formula is C24H30N2O2. The third kappa shape index (κ3) is 4.11. The number of para-hydroxylation sites is 1. The van der Waals surface area contributed by atoms with E-state index in [4.69, 9.17) is 0 Å². The van der Waals surface area contributed by atoms with E-state index < -0.39 is 0 Å². The summed E-state index contributed by atoms with van der Waals surface area (Å²) >= 11 is 0. The van der Waals surface area contributed by atoms with Crippen LogP contribution in [0, 0.1) is 12.8 Å². The number of anilines is 1. The molecule has 2 amide bonds. The lowest BCUT2D eigenvalue weighted by Crippen LogP contribution is -2.41. The highest BCUT2D eigenvalue weighted by atomic mass is 16.2. The molecule has 148 valence electrons. The van der Waals surface area contributed by atoms with Crippen molar-refractivity contribution in [1.82, 2.24) is 4.90 Å². The second kappa shape index (κ2) is 8.59. The van der Waals surface area contributed by atoms with E-state index in [0.29, 0.717) is 13.1 Å². The molecule has 1 unspecified atom stereocenters. The number of benzene rings is 2. The summed E-state index contributed by atoms with van der Waals surface area (Å²) < 4.78 is 0. The smallest absolute Gasteiger partial charge is 0.228 e. The summed E-state index contributed by atoms with van der Waals surface area (Å²) in [6.45, 7) is 9.24. The molecule has 0 radical (unpaired) electrons. The maximum absolute atomic E-state index is 13.3. The number of nitrogens with zero attached hydrogens (tertiary/aromatic N) is 2. The molecule has 1 fully saturated rings. The molecule has 28 heavy (non-hydrogen) atoms. The Morgan fingerprint density at radius 3 is 2.50 bits per heavy atom. The van der Waals surface area contributed by atoms with Crippen LogP contribution < -0.4 is 4.90 Å². The van der Waals surface area contributed by atoms with Gasteiger partial charge in [0.05, 0.1) is 5.92 Å². The van der Waals surface area contributed by atoms with Crippen molar-refractivity contribution in [3.63, 3.8) is 0 Å². The number of aryl methyl sites for hydroxylation is 2. The van der Waals surface area contributed by atoms with Gasteiger partial charge in [0.15, 0.2) is 0 Å². The Labute approximate surface area is 168 Å². The van der Waals surface area contributed by atoms with E-state index in [2.05, 4.69) is 13.0 Å². The van der Waals surface area contributed by atoms with Gasteiger partial charge in [-0.1, -0.05) is 55.5 Å². The van der Waals surface area contributed by atoms with E-state index in [-0.39, 0.29) is 30.2 Å². The van der Waals surface area contributed by atoms with E-state index in [9.17, 15) is 9.59 Å². The zero-order chi connectivity index (χ0) is 20.3. The molecular weight excluding hydrogens is 348 g/mol. The topological polar surface area (TPSA) is 40.6 Å². The Hall–Kier alpha value is -2.62. The predicted octanol–water partition coefficient (Wildman–Crippen LogP) is 4.35. The standard InChI is InChI=1S/C24H30N2O2/c1-5-20-13-9-10-18(4)23(20)26-16-21(14-22(26)27)24(28)25(17(2)3)15-19-11-7-6-8-12-19/h6-13,17,21H,5,14-16H2,1-4H3. The van der Waals surface area contributed by atoms with E-state index in [1.807, 2.05) is 73.0 Å². The highest BCUT2D eigenvalue weighted by Crippen LogP contribution is 2.32. The number of rotatable bonds is 6. The summed E-state index contributed by atoms with van der Waals surface area (Å²) in [4.78, 5) is 29.8. The van der Waals surface area contributed by atoms with Crippen LogP contribution in [0.3, 0.4) is 0 Å². The van der Waals surface area contributed by atoms with Crippen molar-refractivity contribution in [2.24, 2.45) is 5.92 Å². The maximum Gasteiger partial charge on any atom is 0.228 e. The molecule has 0 spiro atoms. The summed E-state index contributed by atoms with van der Waals surface area (Å²) in [7, 11) is 0. The molecule has 1 atom stereocenters. The summed E-state index contributed by atoms with van der Waals surface area (Å²) in [5, 5.41) is 0. The quantitative estimate of drug-likeness (QED) is 0.750. The van der Waals surface area contributed by atoms with Crippen LogP contribution in [-0.4, -0.2) is 29.3 Å². The number of carbonyl (C=O) groups is 2. The van der Waals surface area contributed by atoms with Crippen LogP contribution in [0.15, 0.2) is 48.5 Å². The van der Waals surface area contributed by atoms with Gasteiger partial charge < -0.3 is 9.80 Å². The number of hydrogen-bond donors (Lipinski definition) is 0. The highest BCUT2D eigenvalue weighted by molar-refractivity contribution is 6.01. The first-order valence-corrected chi connectivity index (χ1v) is 10.2. The van der Waals surface area contributed by atoms with E-state index >= 15 is 0 Å². The van der Waals surface area contributed by atoms with Crippen LogP contribution in [0.25, 0.3) is 0 Å². The monoisotopic (exact) mass is 378 g/mol. The van der Waals surface area contributed by atoms with Crippen molar-refractivity contribution in [2.45, 2.75) is 53.1 Å². The molecule has 0 bridgehead atoms. The van der Waals surface area contributed by atoms with Gasteiger partial charge in [0, 0.05) is 31.2 Å². The summed E-state index contributed by atoms with van der Waals surface area (Å²) in [6, 6.07) is 16.3. The number of hydrogen-bond acceptors (Lipinski definition) is 2. The molecule has 0 saturated carbocycles. The van der Waals surface area contributed by atoms with Gasteiger partial charge in [0.2, 0.25) is 11.8 Å². The van der Waals surface area contributed by atoms with Crippen LogP contribution >= 0.6 is 0 Å². The second-order valence-corrected chi connectivity index (χ2v) is 7.89. The summed E-state index contributed by atoms with van der Waals surface area (Å²) in [5.41, 5.74) is 4.35. The van der Waals surface area contributed by atoms with Crippen LogP contribution in [0.4, 0.5) is 5.69 Å². The molecule has 2 aromatic rings. The Balaban J connectivity index is 1.81. The fraction of sp³-hybridized carbons (Fsp3) is 0.417. The van der Waals surface area contributed by atoms with Crippen molar-refractivity contribution in [3.8, 4) is 0 Å². The zero-order valence-electron chi connectivity index (χ0n) is 17.3. The van der Waals surface area contributed by atoms with Crippen molar-refractivity contribution in [1.29, 1.82) is 0 Å². The molecule has 3 rings (SSSR count). The van der Waals surface area contributed by atoms with E-state index in [1.54, 1.807) is 0 Å². The van der Waals surface area contributed by atoms with Gasteiger partial charge in [-0.15, -0.1) is 0 Å². The lowest BCUT2D eigenvalue weighted by molar-refractivity contribution is -0.138. The Morgan fingerprint density at radius 1 is 1.14 bits per heavy atom. The molecule has 1 saturated heterocycles. The predicted molar refractivity (Wildman–Crippen MR) is 113 cm³/mol. The first-order valence-electron chi connectivity index (χ1n) is 10.2. The summed E-state index contributed by atoms with van der Waals surface area (Å²) in [5.74, 6) is -0.171. The van der Waals surface area contributed by atoms with Crippen LogP contribution in [0.5, 0.6) is 0 Å². The molecule has 4 nitrogen and oxygen atoms in total. The van der Waals surface area contributed by atoms with Gasteiger partial charge in [0.25, 0.3) is 0 Å². The lowest BCUT2D eigenvalue weighted by Gasteiger charge is -2.29. The first kappa shape index (κ1) is 20.1. The van der Waals surface area contributed by atoms with Gasteiger partial charge >= 0.3 is 0 Å².